The SMILES string of the molecule is CCC(N)(CC)CNS(=O)(=O)c1ccc(F)c(F)c1F. The third kappa shape index (κ3) is 3.50. The van der Waals surface area contributed by atoms with Crippen molar-refractivity contribution in [1.82, 2.24) is 4.72 Å². The van der Waals surface area contributed by atoms with Crippen LogP contribution in [0.3, 0.4) is 0 Å². The molecule has 0 aliphatic rings. The van der Waals surface area contributed by atoms with Crippen LogP contribution in [0.4, 0.5) is 13.2 Å². The van der Waals surface area contributed by atoms with Gasteiger partial charge in [-0.05, 0) is 25.0 Å². The van der Waals surface area contributed by atoms with Crippen molar-refractivity contribution < 1.29 is 21.6 Å². The molecule has 0 aliphatic carbocycles. The Morgan fingerprint density at radius 3 is 2.20 bits per heavy atom. The first kappa shape index (κ1) is 16.9. The summed E-state index contributed by atoms with van der Waals surface area (Å²) in [6.45, 7) is 3.45. The Labute approximate surface area is 116 Å². The lowest BCUT2D eigenvalue weighted by Gasteiger charge is -2.26. The molecule has 0 heterocycles. The molecule has 114 valence electrons. The van der Waals surface area contributed by atoms with E-state index in [0.29, 0.717) is 25.0 Å². The van der Waals surface area contributed by atoms with Gasteiger partial charge in [0, 0.05) is 12.1 Å². The van der Waals surface area contributed by atoms with Crippen LogP contribution in [-0.2, 0) is 10.0 Å². The largest absolute Gasteiger partial charge is 0.324 e. The Balaban J connectivity index is 3.04. The third-order valence-electron chi connectivity index (χ3n) is 3.31. The average Bonchev–Trinajstić information content (AvgIpc) is 2.42. The summed E-state index contributed by atoms with van der Waals surface area (Å²) in [4.78, 5) is -0.939. The van der Waals surface area contributed by atoms with Crippen molar-refractivity contribution in [3.63, 3.8) is 0 Å². The number of hydrogen-bond donors (Lipinski definition) is 2. The quantitative estimate of drug-likeness (QED) is 0.788. The van der Waals surface area contributed by atoms with Gasteiger partial charge in [0.05, 0.1) is 0 Å². The van der Waals surface area contributed by atoms with Crippen LogP contribution in [-0.4, -0.2) is 20.5 Å². The van der Waals surface area contributed by atoms with Gasteiger partial charge in [-0.2, -0.15) is 0 Å². The number of sulfonamides is 1. The molecule has 3 N–H and O–H groups in total. The summed E-state index contributed by atoms with van der Waals surface area (Å²) in [5, 5.41) is 0. The number of halogens is 3. The molecule has 0 saturated carbocycles. The summed E-state index contributed by atoms with van der Waals surface area (Å²) >= 11 is 0. The Morgan fingerprint density at radius 1 is 1.15 bits per heavy atom. The topological polar surface area (TPSA) is 72.2 Å². The van der Waals surface area contributed by atoms with Gasteiger partial charge in [0.1, 0.15) is 4.90 Å². The molecule has 0 fully saturated rings. The van der Waals surface area contributed by atoms with Crippen LogP contribution in [0.5, 0.6) is 0 Å². The highest BCUT2D eigenvalue weighted by atomic mass is 32.2. The number of nitrogens with two attached hydrogens (primary N) is 1. The van der Waals surface area contributed by atoms with E-state index in [9.17, 15) is 21.6 Å². The number of benzene rings is 1. The predicted molar refractivity (Wildman–Crippen MR) is 69.0 cm³/mol. The molecule has 0 spiro atoms. The minimum Gasteiger partial charge on any atom is -0.324 e. The Morgan fingerprint density at radius 2 is 1.70 bits per heavy atom. The van der Waals surface area contributed by atoms with Crippen LogP contribution in [0.25, 0.3) is 0 Å². The maximum atomic E-state index is 13.5. The highest BCUT2D eigenvalue weighted by Crippen LogP contribution is 2.20. The first-order chi connectivity index (χ1) is 9.17. The average molecular weight is 310 g/mol. The minimum absolute atomic E-state index is 0.124. The summed E-state index contributed by atoms with van der Waals surface area (Å²) < 4.78 is 65.2. The maximum Gasteiger partial charge on any atom is 0.243 e. The van der Waals surface area contributed by atoms with E-state index in [1.54, 1.807) is 13.8 Å². The molecule has 1 aromatic carbocycles. The Bertz CT molecular complexity index is 587. The van der Waals surface area contributed by atoms with Gasteiger partial charge in [-0.1, -0.05) is 13.8 Å². The molecule has 1 rings (SSSR count). The monoisotopic (exact) mass is 310 g/mol. The molecule has 0 radical (unpaired) electrons. The molecule has 1 aromatic rings. The predicted octanol–water partition coefficient (Wildman–Crippen LogP) is 1.90. The van der Waals surface area contributed by atoms with E-state index in [-0.39, 0.29) is 6.54 Å². The highest BCUT2D eigenvalue weighted by molar-refractivity contribution is 7.89. The van der Waals surface area contributed by atoms with Gasteiger partial charge >= 0.3 is 0 Å². The first-order valence-corrected chi connectivity index (χ1v) is 7.57. The van der Waals surface area contributed by atoms with Crippen molar-refractivity contribution in [2.75, 3.05) is 6.54 Å². The number of rotatable bonds is 6. The fourth-order valence-corrected chi connectivity index (χ4v) is 2.74. The second kappa shape index (κ2) is 6.11. The van der Waals surface area contributed by atoms with Crippen molar-refractivity contribution in [2.45, 2.75) is 37.1 Å². The standard InChI is InChI=1S/C12H17F3N2O2S/c1-3-12(16,4-2)7-17-20(18,19)9-6-5-8(13)10(14)11(9)15/h5-6,17H,3-4,7,16H2,1-2H3. The van der Waals surface area contributed by atoms with Crippen LogP contribution < -0.4 is 10.5 Å². The maximum absolute atomic E-state index is 13.5. The third-order valence-corrected chi connectivity index (χ3v) is 4.73. The lowest BCUT2D eigenvalue weighted by atomic mass is 9.95. The van der Waals surface area contributed by atoms with Crippen LogP contribution in [0, 0.1) is 17.5 Å². The molecule has 0 unspecified atom stereocenters. The fourth-order valence-electron chi connectivity index (χ4n) is 1.53. The highest BCUT2D eigenvalue weighted by Gasteiger charge is 2.27. The summed E-state index contributed by atoms with van der Waals surface area (Å²) in [5.41, 5.74) is 5.14. The van der Waals surface area contributed by atoms with E-state index in [0.717, 1.165) is 0 Å². The zero-order chi connectivity index (χ0) is 15.6. The van der Waals surface area contributed by atoms with Crippen LogP contribution >= 0.6 is 0 Å². The van der Waals surface area contributed by atoms with Gasteiger partial charge in [0.25, 0.3) is 0 Å². The second-order valence-electron chi connectivity index (χ2n) is 4.57. The van der Waals surface area contributed by atoms with Gasteiger partial charge in [-0.3, -0.25) is 0 Å². The molecule has 0 amide bonds. The van der Waals surface area contributed by atoms with E-state index in [2.05, 4.69) is 4.72 Å². The molecule has 4 nitrogen and oxygen atoms in total. The van der Waals surface area contributed by atoms with E-state index in [4.69, 9.17) is 5.73 Å². The van der Waals surface area contributed by atoms with Crippen LogP contribution in [0.15, 0.2) is 17.0 Å². The van der Waals surface area contributed by atoms with E-state index in [1.807, 2.05) is 0 Å². The van der Waals surface area contributed by atoms with Crippen LogP contribution in [0.1, 0.15) is 26.7 Å². The molecule has 0 saturated heterocycles. The second-order valence-corrected chi connectivity index (χ2v) is 6.30. The van der Waals surface area contributed by atoms with Gasteiger partial charge < -0.3 is 5.73 Å². The van der Waals surface area contributed by atoms with Crippen molar-refractivity contribution >= 4 is 10.0 Å². The van der Waals surface area contributed by atoms with Crippen molar-refractivity contribution in [3.05, 3.63) is 29.6 Å². The molecule has 0 atom stereocenters. The van der Waals surface area contributed by atoms with Gasteiger partial charge in [-0.25, -0.2) is 26.3 Å². The number of nitrogens with one attached hydrogen (secondary N) is 1. The summed E-state index contributed by atoms with van der Waals surface area (Å²) in [7, 11) is -4.30. The molecule has 0 bridgehead atoms. The normalized spacial score (nSPS) is 12.7. The van der Waals surface area contributed by atoms with Crippen molar-refractivity contribution in [3.8, 4) is 0 Å². The molecule has 20 heavy (non-hydrogen) atoms. The summed E-state index contributed by atoms with van der Waals surface area (Å²) in [6, 6.07) is 1.23. The Hall–Kier alpha value is -1.12. The zero-order valence-electron chi connectivity index (χ0n) is 11.2. The van der Waals surface area contributed by atoms with Crippen molar-refractivity contribution in [2.24, 2.45) is 5.73 Å². The first-order valence-electron chi connectivity index (χ1n) is 6.09. The van der Waals surface area contributed by atoms with Gasteiger partial charge in [-0.15, -0.1) is 0 Å². The molecular weight excluding hydrogens is 293 g/mol. The van der Waals surface area contributed by atoms with Crippen LogP contribution in [0.2, 0.25) is 0 Å². The van der Waals surface area contributed by atoms with Gasteiger partial charge in [0.2, 0.25) is 10.0 Å². The summed E-state index contributed by atoms with van der Waals surface area (Å²) in [6.07, 6.45) is 1.01. The lowest BCUT2D eigenvalue weighted by molar-refractivity contribution is 0.390. The van der Waals surface area contributed by atoms with E-state index in [1.165, 1.54) is 0 Å². The van der Waals surface area contributed by atoms with Gasteiger partial charge in [0.15, 0.2) is 17.5 Å². The molecule has 8 heteroatoms. The number of hydrogen-bond acceptors (Lipinski definition) is 3. The van der Waals surface area contributed by atoms with E-state index < -0.39 is 37.9 Å². The van der Waals surface area contributed by atoms with E-state index >= 15 is 0 Å². The zero-order valence-corrected chi connectivity index (χ0v) is 12.0. The molecular formula is C12H17F3N2O2S. The Kier molecular flexibility index (Phi) is 5.17. The smallest absolute Gasteiger partial charge is 0.243 e. The summed E-state index contributed by atoms with van der Waals surface area (Å²) in [5.74, 6) is -5.01. The lowest BCUT2D eigenvalue weighted by Crippen LogP contribution is -2.49. The van der Waals surface area contributed by atoms with Crippen molar-refractivity contribution in [1.29, 1.82) is 0 Å². The minimum atomic E-state index is -4.30. The molecule has 0 aliphatic heterocycles. The fraction of sp³-hybridized carbons (Fsp3) is 0.500. The molecule has 0 aromatic heterocycles.